The Morgan fingerprint density at radius 3 is 2.87 bits per heavy atom. The normalized spacial score (nSPS) is 14.7. The van der Waals surface area contributed by atoms with Crippen molar-refractivity contribution in [3.8, 4) is 6.07 Å². The number of nitriles is 1. The second-order valence-electron chi connectivity index (χ2n) is 3.82. The molecule has 1 aliphatic carbocycles. The zero-order chi connectivity index (χ0) is 11.1. The third kappa shape index (κ3) is 4.30. The lowest BCUT2D eigenvalue weighted by Crippen LogP contribution is -2.33. The van der Waals surface area contributed by atoms with E-state index in [2.05, 4.69) is 6.07 Å². The van der Waals surface area contributed by atoms with E-state index in [-0.39, 0.29) is 5.91 Å². The molecule has 4 heteroatoms. The van der Waals surface area contributed by atoms with E-state index < -0.39 is 0 Å². The Kier molecular flexibility index (Phi) is 5.13. The van der Waals surface area contributed by atoms with E-state index >= 15 is 0 Å². The van der Waals surface area contributed by atoms with Crippen molar-refractivity contribution in [3.63, 3.8) is 0 Å². The number of hydrogen-bond acceptors (Lipinski definition) is 3. The van der Waals surface area contributed by atoms with Crippen molar-refractivity contribution in [2.75, 3.05) is 20.3 Å². The predicted octanol–water partition coefficient (Wildman–Crippen LogP) is 1.32. The van der Waals surface area contributed by atoms with Gasteiger partial charge < -0.3 is 9.64 Å². The molecule has 0 spiro atoms. The summed E-state index contributed by atoms with van der Waals surface area (Å²) in [4.78, 5) is 13.6. The van der Waals surface area contributed by atoms with Gasteiger partial charge in [0.05, 0.1) is 12.5 Å². The quantitative estimate of drug-likeness (QED) is 0.595. The van der Waals surface area contributed by atoms with Gasteiger partial charge in [-0.15, -0.1) is 0 Å². The summed E-state index contributed by atoms with van der Waals surface area (Å²) >= 11 is 0. The predicted molar refractivity (Wildman–Crippen MR) is 56.1 cm³/mol. The number of amides is 1. The van der Waals surface area contributed by atoms with Gasteiger partial charge in [-0.05, 0) is 19.3 Å². The molecule has 0 aliphatic heterocycles. The van der Waals surface area contributed by atoms with E-state index in [0.717, 1.165) is 19.3 Å². The van der Waals surface area contributed by atoms with Gasteiger partial charge in [-0.1, -0.05) is 0 Å². The Labute approximate surface area is 90.8 Å². The highest BCUT2D eigenvalue weighted by atomic mass is 16.5. The number of nitrogens with zero attached hydrogens (tertiary/aromatic N) is 2. The Morgan fingerprint density at radius 2 is 2.33 bits per heavy atom. The molecule has 0 aromatic carbocycles. The van der Waals surface area contributed by atoms with E-state index in [1.54, 1.807) is 7.11 Å². The first-order chi connectivity index (χ1) is 7.29. The molecule has 0 aromatic rings. The Hall–Kier alpha value is -1.08. The third-order valence-electron chi connectivity index (χ3n) is 2.51. The minimum Gasteiger partial charge on any atom is -0.385 e. The van der Waals surface area contributed by atoms with Gasteiger partial charge in [0.2, 0.25) is 5.91 Å². The standard InChI is InChI=1S/C11H18N2O2/c1-15-9-2-4-11(14)13(8-3-7-12)10-5-6-10/h10H,2-6,8-9H2,1H3. The molecule has 84 valence electrons. The molecular weight excluding hydrogens is 192 g/mol. The molecule has 0 aromatic heterocycles. The summed E-state index contributed by atoms with van der Waals surface area (Å²) < 4.78 is 4.91. The van der Waals surface area contributed by atoms with Gasteiger partial charge in [0.15, 0.2) is 0 Å². The van der Waals surface area contributed by atoms with Gasteiger partial charge in [-0.2, -0.15) is 5.26 Å². The van der Waals surface area contributed by atoms with E-state index in [1.807, 2.05) is 4.90 Å². The maximum atomic E-state index is 11.8. The first-order valence-electron chi connectivity index (χ1n) is 5.45. The molecule has 1 aliphatic rings. The summed E-state index contributed by atoms with van der Waals surface area (Å²) in [5.41, 5.74) is 0. The minimum absolute atomic E-state index is 0.171. The van der Waals surface area contributed by atoms with Crippen molar-refractivity contribution >= 4 is 5.91 Å². The molecule has 4 nitrogen and oxygen atoms in total. The number of rotatable bonds is 7. The van der Waals surface area contributed by atoms with Crippen LogP contribution in [0.1, 0.15) is 32.1 Å². The molecule has 0 atom stereocenters. The Bertz CT molecular complexity index is 243. The van der Waals surface area contributed by atoms with E-state index in [1.165, 1.54) is 0 Å². The highest BCUT2D eigenvalue weighted by Gasteiger charge is 2.31. The zero-order valence-corrected chi connectivity index (χ0v) is 9.24. The smallest absolute Gasteiger partial charge is 0.222 e. The SMILES string of the molecule is COCCCC(=O)N(CCC#N)C1CC1. The molecule has 0 heterocycles. The molecule has 1 saturated carbocycles. The molecular formula is C11H18N2O2. The molecule has 1 fully saturated rings. The van der Waals surface area contributed by atoms with Crippen LogP contribution in [-0.4, -0.2) is 37.1 Å². The fourth-order valence-corrected chi connectivity index (χ4v) is 1.58. The summed E-state index contributed by atoms with van der Waals surface area (Å²) in [6.07, 6.45) is 3.94. The van der Waals surface area contributed by atoms with Crippen LogP contribution in [0.5, 0.6) is 0 Å². The number of hydrogen-bond donors (Lipinski definition) is 0. The highest BCUT2D eigenvalue weighted by molar-refractivity contribution is 5.76. The molecule has 0 N–H and O–H groups in total. The average molecular weight is 210 g/mol. The second-order valence-corrected chi connectivity index (χ2v) is 3.82. The van der Waals surface area contributed by atoms with Crippen LogP contribution in [-0.2, 0) is 9.53 Å². The lowest BCUT2D eigenvalue weighted by atomic mass is 10.2. The van der Waals surface area contributed by atoms with E-state index in [0.29, 0.717) is 32.0 Å². The Morgan fingerprint density at radius 1 is 1.60 bits per heavy atom. The van der Waals surface area contributed by atoms with Crippen molar-refractivity contribution in [2.24, 2.45) is 0 Å². The number of carbonyl (C=O) groups excluding carboxylic acids is 1. The van der Waals surface area contributed by atoms with Gasteiger partial charge in [0.25, 0.3) is 0 Å². The molecule has 1 rings (SSSR count). The van der Waals surface area contributed by atoms with Crippen LogP contribution in [0.25, 0.3) is 0 Å². The van der Waals surface area contributed by atoms with Crippen molar-refractivity contribution in [1.29, 1.82) is 5.26 Å². The van der Waals surface area contributed by atoms with Crippen molar-refractivity contribution in [2.45, 2.75) is 38.1 Å². The molecule has 0 radical (unpaired) electrons. The van der Waals surface area contributed by atoms with Crippen LogP contribution in [0.2, 0.25) is 0 Å². The topological polar surface area (TPSA) is 53.3 Å². The zero-order valence-electron chi connectivity index (χ0n) is 9.24. The molecule has 0 unspecified atom stereocenters. The summed E-state index contributed by atoms with van der Waals surface area (Å²) in [5.74, 6) is 0.171. The van der Waals surface area contributed by atoms with Crippen molar-refractivity contribution < 1.29 is 9.53 Å². The van der Waals surface area contributed by atoms with Crippen LogP contribution in [0.15, 0.2) is 0 Å². The average Bonchev–Trinajstić information content (AvgIpc) is 3.03. The van der Waals surface area contributed by atoms with E-state index in [4.69, 9.17) is 10.00 Å². The summed E-state index contributed by atoms with van der Waals surface area (Å²) in [6, 6.07) is 2.49. The fraction of sp³-hybridized carbons (Fsp3) is 0.818. The number of methoxy groups -OCH3 is 1. The maximum absolute atomic E-state index is 11.8. The van der Waals surface area contributed by atoms with Crippen molar-refractivity contribution in [3.05, 3.63) is 0 Å². The van der Waals surface area contributed by atoms with Crippen LogP contribution in [0.3, 0.4) is 0 Å². The monoisotopic (exact) mass is 210 g/mol. The van der Waals surface area contributed by atoms with Crippen LogP contribution >= 0.6 is 0 Å². The molecule has 1 amide bonds. The van der Waals surface area contributed by atoms with Crippen LogP contribution < -0.4 is 0 Å². The largest absolute Gasteiger partial charge is 0.385 e. The Balaban J connectivity index is 2.28. The molecule has 0 bridgehead atoms. The number of ether oxygens (including phenoxy) is 1. The van der Waals surface area contributed by atoms with Crippen molar-refractivity contribution in [1.82, 2.24) is 4.90 Å². The summed E-state index contributed by atoms with van der Waals surface area (Å²) in [7, 11) is 1.64. The van der Waals surface area contributed by atoms with Gasteiger partial charge in [0, 0.05) is 32.7 Å². The van der Waals surface area contributed by atoms with Gasteiger partial charge >= 0.3 is 0 Å². The van der Waals surface area contributed by atoms with Gasteiger partial charge in [0.1, 0.15) is 0 Å². The fourth-order valence-electron chi connectivity index (χ4n) is 1.58. The first kappa shape index (κ1) is 12.0. The lowest BCUT2D eigenvalue weighted by molar-refractivity contribution is -0.132. The first-order valence-corrected chi connectivity index (χ1v) is 5.45. The van der Waals surface area contributed by atoms with Crippen LogP contribution in [0, 0.1) is 11.3 Å². The molecule has 0 saturated heterocycles. The second kappa shape index (κ2) is 6.41. The van der Waals surface area contributed by atoms with Gasteiger partial charge in [-0.3, -0.25) is 4.79 Å². The lowest BCUT2D eigenvalue weighted by Gasteiger charge is -2.21. The maximum Gasteiger partial charge on any atom is 0.222 e. The summed E-state index contributed by atoms with van der Waals surface area (Å²) in [5, 5.41) is 8.51. The number of carbonyl (C=O) groups is 1. The summed E-state index contributed by atoms with van der Waals surface area (Å²) in [6.45, 7) is 1.22. The highest BCUT2D eigenvalue weighted by Crippen LogP contribution is 2.27. The van der Waals surface area contributed by atoms with Crippen LogP contribution in [0.4, 0.5) is 0 Å². The molecule has 15 heavy (non-hydrogen) atoms. The van der Waals surface area contributed by atoms with E-state index in [9.17, 15) is 4.79 Å². The third-order valence-corrected chi connectivity index (χ3v) is 2.51. The van der Waals surface area contributed by atoms with Gasteiger partial charge in [-0.25, -0.2) is 0 Å². The minimum atomic E-state index is 0.171.